The van der Waals surface area contributed by atoms with Crippen LogP contribution in [0.3, 0.4) is 0 Å². The lowest BCUT2D eigenvalue weighted by molar-refractivity contribution is -0.127. The topological polar surface area (TPSA) is 107 Å². The van der Waals surface area contributed by atoms with E-state index in [-0.39, 0.29) is 17.4 Å². The smallest absolute Gasteiger partial charge is 0.254 e. The van der Waals surface area contributed by atoms with Gasteiger partial charge in [0.1, 0.15) is 11.6 Å². The third-order valence-corrected chi connectivity index (χ3v) is 5.09. The van der Waals surface area contributed by atoms with E-state index >= 15 is 0 Å². The highest BCUT2D eigenvalue weighted by molar-refractivity contribution is 5.94. The number of hydrogen-bond donors (Lipinski definition) is 4. The number of aromatic amines is 1. The molecule has 0 unspecified atom stereocenters. The molecule has 0 radical (unpaired) electrons. The minimum absolute atomic E-state index is 0.0668. The Kier molecular flexibility index (Phi) is 6.41. The summed E-state index contributed by atoms with van der Waals surface area (Å²) in [7, 11) is 0. The van der Waals surface area contributed by atoms with Gasteiger partial charge in [0.2, 0.25) is 5.91 Å². The van der Waals surface area contributed by atoms with Crippen molar-refractivity contribution in [2.75, 3.05) is 6.54 Å². The van der Waals surface area contributed by atoms with E-state index in [0.29, 0.717) is 32.2 Å². The van der Waals surface area contributed by atoms with E-state index in [1.54, 1.807) is 25.4 Å². The molecular formula is C20H25FN4O3. The minimum atomic E-state index is -0.760. The van der Waals surface area contributed by atoms with Crippen LogP contribution < -0.4 is 10.6 Å². The fraction of sp³-hybridized carbons (Fsp3) is 0.450. The molecular weight excluding hydrogens is 363 g/mol. The van der Waals surface area contributed by atoms with Gasteiger partial charge in [-0.1, -0.05) is 6.07 Å². The van der Waals surface area contributed by atoms with Gasteiger partial charge in [-0.15, -0.1) is 0 Å². The number of carbonyl (C=O) groups excluding carboxylic acids is 2. The number of H-pyrrole nitrogens is 1. The lowest BCUT2D eigenvalue weighted by Crippen LogP contribution is -2.49. The van der Waals surface area contributed by atoms with Gasteiger partial charge in [0.15, 0.2) is 0 Å². The second-order valence-electron chi connectivity index (χ2n) is 7.22. The van der Waals surface area contributed by atoms with E-state index in [9.17, 15) is 19.1 Å². The zero-order chi connectivity index (χ0) is 20.1. The van der Waals surface area contributed by atoms with Gasteiger partial charge >= 0.3 is 0 Å². The number of benzene rings is 1. The van der Waals surface area contributed by atoms with Crippen LogP contribution in [0.15, 0.2) is 30.6 Å². The normalized spacial score (nSPS) is 21.9. The molecule has 0 aliphatic heterocycles. The number of rotatable bonds is 6. The maximum Gasteiger partial charge on any atom is 0.254 e. The fourth-order valence-electron chi connectivity index (χ4n) is 3.48. The molecule has 3 rings (SSSR count). The number of hydrogen-bond acceptors (Lipinski definition) is 4. The summed E-state index contributed by atoms with van der Waals surface area (Å²) >= 11 is 0. The number of imidazole rings is 1. The zero-order valence-electron chi connectivity index (χ0n) is 15.7. The van der Waals surface area contributed by atoms with Crippen molar-refractivity contribution in [2.45, 2.75) is 44.8 Å². The fourth-order valence-corrected chi connectivity index (χ4v) is 3.48. The van der Waals surface area contributed by atoms with Crippen LogP contribution in [0.5, 0.6) is 0 Å². The van der Waals surface area contributed by atoms with Crippen LogP contribution in [-0.4, -0.2) is 45.6 Å². The van der Waals surface area contributed by atoms with Gasteiger partial charge in [-0.3, -0.25) is 9.59 Å². The van der Waals surface area contributed by atoms with Gasteiger partial charge in [-0.05, 0) is 43.9 Å². The van der Waals surface area contributed by atoms with E-state index in [1.807, 2.05) is 0 Å². The molecule has 0 saturated heterocycles. The second-order valence-corrected chi connectivity index (χ2v) is 7.22. The number of nitrogens with one attached hydrogen (secondary N) is 3. The highest BCUT2D eigenvalue weighted by atomic mass is 19.1. The van der Waals surface area contributed by atoms with Crippen molar-refractivity contribution in [3.8, 4) is 0 Å². The van der Waals surface area contributed by atoms with E-state index < -0.39 is 23.9 Å². The van der Waals surface area contributed by atoms with Crippen LogP contribution in [0.25, 0.3) is 0 Å². The van der Waals surface area contributed by atoms with Gasteiger partial charge in [0.25, 0.3) is 5.91 Å². The average Bonchev–Trinajstić information content (AvgIpc) is 3.16. The molecule has 1 saturated carbocycles. The van der Waals surface area contributed by atoms with Crippen molar-refractivity contribution in [3.05, 3.63) is 53.4 Å². The molecule has 1 heterocycles. The molecule has 1 fully saturated rings. The molecule has 1 aliphatic carbocycles. The quantitative estimate of drug-likeness (QED) is 0.601. The first-order valence-electron chi connectivity index (χ1n) is 9.45. The molecule has 3 atom stereocenters. The number of aliphatic hydroxyl groups is 1. The minimum Gasteiger partial charge on any atom is -0.391 e. The van der Waals surface area contributed by atoms with Crippen molar-refractivity contribution in [1.29, 1.82) is 0 Å². The Balaban J connectivity index is 1.54. The van der Waals surface area contributed by atoms with Crippen LogP contribution in [0.1, 0.15) is 41.0 Å². The molecule has 0 bridgehead atoms. The molecule has 8 heteroatoms. The lowest BCUT2D eigenvalue weighted by Gasteiger charge is -2.33. The summed E-state index contributed by atoms with van der Waals surface area (Å²) in [5.74, 6) is -0.813. The van der Waals surface area contributed by atoms with E-state index in [0.717, 1.165) is 11.4 Å². The number of halogens is 1. The largest absolute Gasteiger partial charge is 0.391 e. The molecule has 4 N–H and O–H groups in total. The van der Waals surface area contributed by atoms with Crippen LogP contribution in [0.4, 0.5) is 4.39 Å². The first-order chi connectivity index (χ1) is 13.4. The number of amides is 2. The van der Waals surface area contributed by atoms with Crippen molar-refractivity contribution >= 4 is 11.8 Å². The van der Waals surface area contributed by atoms with Crippen LogP contribution >= 0.6 is 0 Å². The number of aryl methyl sites for hydroxylation is 1. The monoisotopic (exact) mass is 388 g/mol. The third-order valence-electron chi connectivity index (χ3n) is 5.09. The molecule has 1 aromatic heterocycles. The number of nitrogens with zero attached hydrogens (tertiary/aromatic N) is 1. The first-order valence-corrected chi connectivity index (χ1v) is 9.45. The standard InChI is InChI=1S/C20H25FN4O3/c1-12-2-4-14(15(21)10-12)20(28)25-16-11-13(3-5-17(16)26)19(27)24-7-6-18-22-8-9-23-18/h2,4,8-10,13,16-17,26H,3,5-7,11H2,1H3,(H,22,23)(H,24,27)(H,25,28)/t13-,16+,17+/m0/s1. The van der Waals surface area contributed by atoms with Crippen molar-refractivity contribution in [2.24, 2.45) is 5.92 Å². The summed E-state index contributed by atoms with van der Waals surface area (Å²) in [4.78, 5) is 31.9. The van der Waals surface area contributed by atoms with Crippen LogP contribution in [-0.2, 0) is 11.2 Å². The highest BCUT2D eigenvalue weighted by Gasteiger charge is 2.34. The molecule has 0 spiro atoms. The van der Waals surface area contributed by atoms with Crippen molar-refractivity contribution < 1.29 is 19.1 Å². The first kappa shape index (κ1) is 20.0. The van der Waals surface area contributed by atoms with E-state index in [4.69, 9.17) is 0 Å². The SMILES string of the molecule is Cc1ccc(C(=O)N[C@@H]2C[C@@H](C(=O)NCCc3ncc[nH]3)CC[C@H]2O)c(F)c1. The van der Waals surface area contributed by atoms with Gasteiger partial charge < -0.3 is 20.7 Å². The van der Waals surface area contributed by atoms with Crippen LogP contribution in [0.2, 0.25) is 0 Å². The Bertz CT molecular complexity index is 825. The summed E-state index contributed by atoms with van der Waals surface area (Å²) in [6.45, 7) is 2.20. The second kappa shape index (κ2) is 8.97. The maximum atomic E-state index is 14.0. The Hall–Kier alpha value is -2.74. The van der Waals surface area contributed by atoms with E-state index in [2.05, 4.69) is 20.6 Å². The Morgan fingerprint density at radius 3 is 2.89 bits per heavy atom. The maximum absolute atomic E-state index is 14.0. The molecule has 7 nitrogen and oxygen atoms in total. The number of carbonyl (C=O) groups is 2. The van der Waals surface area contributed by atoms with Crippen molar-refractivity contribution in [3.63, 3.8) is 0 Å². The molecule has 1 aromatic carbocycles. The molecule has 28 heavy (non-hydrogen) atoms. The summed E-state index contributed by atoms with van der Waals surface area (Å²) < 4.78 is 14.0. The summed E-state index contributed by atoms with van der Waals surface area (Å²) in [5.41, 5.74) is 0.654. The number of aliphatic hydroxyl groups excluding tert-OH is 1. The van der Waals surface area contributed by atoms with Crippen molar-refractivity contribution in [1.82, 2.24) is 20.6 Å². The summed E-state index contributed by atoms with van der Waals surface area (Å²) in [6.07, 6.45) is 4.47. The summed E-state index contributed by atoms with van der Waals surface area (Å²) in [6, 6.07) is 3.78. The zero-order valence-corrected chi connectivity index (χ0v) is 15.7. The molecule has 2 aromatic rings. The lowest BCUT2D eigenvalue weighted by atomic mass is 9.83. The van der Waals surface area contributed by atoms with Gasteiger partial charge in [-0.2, -0.15) is 0 Å². The van der Waals surface area contributed by atoms with Gasteiger partial charge in [0, 0.05) is 31.3 Å². The predicted octanol–water partition coefficient (Wildman–Crippen LogP) is 1.48. The van der Waals surface area contributed by atoms with Crippen LogP contribution in [0, 0.1) is 18.7 Å². The average molecular weight is 388 g/mol. The van der Waals surface area contributed by atoms with Gasteiger partial charge in [0.05, 0.1) is 17.7 Å². The summed E-state index contributed by atoms with van der Waals surface area (Å²) in [5, 5.41) is 15.8. The predicted molar refractivity (Wildman–Crippen MR) is 101 cm³/mol. The Morgan fingerprint density at radius 1 is 1.36 bits per heavy atom. The third kappa shape index (κ3) is 4.95. The Labute approximate surface area is 162 Å². The molecule has 150 valence electrons. The molecule has 1 aliphatic rings. The Morgan fingerprint density at radius 2 is 2.18 bits per heavy atom. The molecule has 2 amide bonds. The highest BCUT2D eigenvalue weighted by Crippen LogP contribution is 2.25. The number of aromatic nitrogens is 2. The van der Waals surface area contributed by atoms with Gasteiger partial charge in [-0.25, -0.2) is 9.37 Å². The van der Waals surface area contributed by atoms with E-state index in [1.165, 1.54) is 12.1 Å².